The number of amides is 1. The van der Waals surface area contributed by atoms with E-state index in [9.17, 15) is 4.79 Å². The van der Waals surface area contributed by atoms with Gasteiger partial charge < -0.3 is 9.30 Å². The molecule has 6 nitrogen and oxygen atoms in total. The van der Waals surface area contributed by atoms with Gasteiger partial charge in [0.05, 0.1) is 6.54 Å². The molecule has 0 fully saturated rings. The Bertz CT molecular complexity index is 438. The SMILES string of the molecule is CC(C)(C)OC(=O)N1CCn2c(I)nnc2C1. The highest BCUT2D eigenvalue weighted by Gasteiger charge is 2.27. The zero-order valence-electron chi connectivity index (χ0n) is 10.1. The minimum Gasteiger partial charge on any atom is -0.444 e. The van der Waals surface area contributed by atoms with Gasteiger partial charge in [-0.1, -0.05) is 0 Å². The van der Waals surface area contributed by atoms with Crippen molar-refractivity contribution in [3.63, 3.8) is 0 Å². The van der Waals surface area contributed by atoms with Gasteiger partial charge in [-0.2, -0.15) is 0 Å². The third-order valence-corrected chi connectivity index (χ3v) is 3.16. The molecule has 1 amide bonds. The number of halogens is 1. The topological polar surface area (TPSA) is 60.2 Å². The molecule has 0 unspecified atom stereocenters. The molecule has 0 saturated carbocycles. The van der Waals surface area contributed by atoms with Crippen molar-refractivity contribution < 1.29 is 9.53 Å². The van der Waals surface area contributed by atoms with Crippen molar-refractivity contribution in [2.24, 2.45) is 0 Å². The summed E-state index contributed by atoms with van der Waals surface area (Å²) in [5.41, 5.74) is -0.462. The maximum atomic E-state index is 11.9. The maximum Gasteiger partial charge on any atom is 0.410 e. The summed E-state index contributed by atoms with van der Waals surface area (Å²) in [7, 11) is 0. The quantitative estimate of drug-likeness (QED) is 0.668. The van der Waals surface area contributed by atoms with Crippen molar-refractivity contribution in [3.8, 4) is 0 Å². The van der Waals surface area contributed by atoms with Crippen molar-refractivity contribution in [2.45, 2.75) is 39.5 Å². The highest BCUT2D eigenvalue weighted by atomic mass is 127. The van der Waals surface area contributed by atoms with Gasteiger partial charge in [0.1, 0.15) is 5.60 Å². The van der Waals surface area contributed by atoms with Crippen LogP contribution >= 0.6 is 22.6 Å². The Morgan fingerprint density at radius 1 is 1.35 bits per heavy atom. The first-order chi connectivity index (χ1) is 7.87. The number of nitrogens with zero attached hydrogens (tertiary/aromatic N) is 4. The molecule has 17 heavy (non-hydrogen) atoms. The number of rotatable bonds is 0. The van der Waals surface area contributed by atoms with E-state index < -0.39 is 5.60 Å². The first-order valence-electron chi connectivity index (χ1n) is 5.42. The van der Waals surface area contributed by atoms with Gasteiger partial charge in [0.25, 0.3) is 0 Å². The Kier molecular flexibility index (Phi) is 3.28. The third-order valence-electron chi connectivity index (χ3n) is 2.36. The Morgan fingerprint density at radius 2 is 2.06 bits per heavy atom. The Balaban J connectivity index is 2.05. The van der Waals surface area contributed by atoms with Crippen LogP contribution in [0.4, 0.5) is 4.79 Å². The van der Waals surface area contributed by atoms with Crippen LogP contribution in [0.1, 0.15) is 26.6 Å². The molecule has 0 saturated heterocycles. The van der Waals surface area contributed by atoms with Gasteiger partial charge in [-0.3, -0.25) is 4.90 Å². The van der Waals surface area contributed by atoms with Crippen LogP contribution in [0.5, 0.6) is 0 Å². The standard InChI is InChI=1S/C10H15IN4O2/c1-10(2,3)17-9(16)14-4-5-15-7(6-14)12-13-8(15)11/h4-6H2,1-3H3. The molecule has 0 aliphatic carbocycles. The number of fused-ring (bicyclic) bond motifs is 1. The van der Waals surface area contributed by atoms with Crippen LogP contribution in [0.15, 0.2) is 0 Å². The number of aromatic nitrogens is 3. The van der Waals surface area contributed by atoms with Gasteiger partial charge in [0.15, 0.2) is 9.66 Å². The van der Waals surface area contributed by atoms with Crippen molar-refractivity contribution >= 4 is 28.7 Å². The molecule has 0 atom stereocenters. The monoisotopic (exact) mass is 350 g/mol. The average Bonchev–Trinajstić information content (AvgIpc) is 2.57. The maximum absolute atomic E-state index is 11.9. The van der Waals surface area contributed by atoms with E-state index in [1.807, 2.05) is 25.3 Å². The predicted molar refractivity (Wildman–Crippen MR) is 69.4 cm³/mol. The van der Waals surface area contributed by atoms with E-state index in [0.29, 0.717) is 13.1 Å². The van der Waals surface area contributed by atoms with Crippen molar-refractivity contribution in [2.75, 3.05) is 6.54 Å². The highest BCUT2D eigenvalue weighted by molar-refractivity contribution is 14.1. The van der Waals surface area contributed by atoms with Gasteiger partial charge in [0, 0.05) is 35.7 Å². The summed E-state index contributed by atoms with van der Waals surface area (Å²) in [5.74, 6) is 0.812. The van der Waals surface area contributed by atoms with Crippen LogP contribution in [-0.2, 0) is 17.8 Å². The summed E-state index contributed by atoms with van der Waals surface area (Å²) in [6.07, 6.45) is -0.290. The number of hydrogen-bond donors (Lipinski definition) is 0. The molecule has 2 rings (SSSR count). The lowest BCUT2D eigenvalue weighted by molar-refractivity contribution is 0.0194. The second kappa shape index (κ2) is 4.43. The average molecular weight is 350 g/mol. The summed E-state index contributed by atoms with van der Waals surface area (Å²) in [5, 5.41) is 8.03. The lowest BCUT2D eigenvalue weighted by Crippen LogP contribution is -2.41. The molecule has 7 heteroatoms. The van der Waals surface area contributed by atoms with E-state index in [0.717, 1.165) is 16.2 Å². The largest absolute Gasteiger partial charge is 0.444 e. The smallest absolute Gasteiger partial charge is 0.410 e. The minimum atomic E-state index is -0.462. The van der Waals surface area contributed by atoms with Crippen molar-refractivity contribution in [3.05, 3.63) is 9.66 Å². The van der Waals surface area contributed by atoms with Crippen LogP contribution < -0.4 is 0 Å². The van der Waals surface area contributed by atoms with E-state index in [1.54, 1.807) is 4.90 Å². The van der Waals surface area contributed by atoms with E-state index in [-0.39, 0.29) is 6.09 Å². The highest BCUT2D eigenvalue weighted by Crippen LogP contribution is 2.16. The van der Waals surface area contributed by atoms with Gasteiger partial charge in [-0.05, 0) is 20.8 Å². The Labute approximate surface area is 113 Å². The van der Waals surface area contributed by atoms with Crippen LogP contribution in [-0.4, -0.2) is 37.9 Å². The lowest BCUT2D eigenvalue weighted by atomic mass is 10.2. The van der Waals surface area contributed by atoms with Crippen molar-refractivity contribution in [1.29, 1.82) is 0 Å². The summed E-state index contributed by atoms with van der Waals surface area (Å²) >= 11 is 2.14. The summed E-state index contributed by atoms with van der Waals surface area (Å²) in [6.45, 7) is 7.40. The van der Waals surface area contributed by atoms with Crippen LogP contribution in [0.2, 0.25) is 0 Å². The minimum absolute atomic E-state index is 0.290. The summed E-state index contributed by atoms with van der Waals surface area (Å²) in [6, 6.07) is 0. The molecular formula is C10H15IN4O2. The van der Waals surface area contributed by atoms with Gasteiger partial charge in [-0.25, -0.2) is 4.79 Å². The van der Waals surface area contributed by atoms with Crippen molar-refractivity contribution in [1.82, 2.24) is 19.7 Å². The predicted octanol–water partition coefficient (Wildman–Crippen LogP) is 1.63. The molecule has 0 bridgehead atoms. The number of ether oxygens (including phenoxy) is 1. The third kappa shape index (κ3) is 2.88. The Hall–Kier alpha value is -0.860. The molecule has 1 aliphatic rings. The number of hydrogen-bond acceptors (Lipinski definition) is 4. The molecule has 1 aromatic rings. The fourth-order valence-corrected chi connectivity index (χ4v) is 2.23. The Morgan fingerprint density at radius 3 is 2.71 bits per heavy atom. The molecule has 2 heterocycles. The molecule has 0 radical (unpaired) electrons. The van der Waals surface area contributed by atoms with Crippen LogP contribution in [0, 0.1) is 3.83 Å². The van der Waals surface area contributed by atoms with E-state index in [2.05, 4.69) is 32.8 Å². The summed E-state index contributed by atoms with van der Waals surface area (Å²) in [4.78, 5) is 13.5. The van der Waals surface area contributed by atoms with Crippen LogP contribution in [0.25, 0.3) is 0 Å². The van der Waals surface area contributed by atoms with E-state index in [1.165, 1.54) is 0 Å². The zero-order valence-corrected chi connectivity index (χ0v) is 12.3. The van der Waals surface area contributed by atoms with E-state index >= 15 is 0 Å². The number of carbonyl (C=O) groups excluding carboxylic acids is 1. The van der Waals surface area contributed by atoms with Gasteiger partial charge in [-0.15, -0.1) is 10.2 Å². The molecule has 1 aromatic heterocycles. The second-order valence-electron chi connectivity index (χ2n) is 4.94. The molecule has 94 valence electrons. The molecule has 1 aliphatic heterocycles. The lowest BCUT2D eigenvalue weighted by Gasteiger charge is -2.30. The fourth-order valence-electron chi connectivity index (χ4n) is 1.60. The van der Waals surface area contributed by atoms with Crippen LogP contribution in [0.3, 0.4) is 0 Å². The fraction of sp³-hybridized carbons (Fsp3) is 0.700. The first-order valence-corrected chi connectivity index (χ1v) is 6.50. The van der Waals surface area contributed by atoms with Gasteiger partial charge >= 0.3 is 6.09 Å². The summed E-state index contributed by atoms with van der Waals surface area (Å²) < 4.78 is 8.20. The molecule has 0 N–H and O–H groups in total. The molecule has 0 aromatic carbocycles. The molecule has 0 spiro atoms. The van der Waals surface area contributed by atoms with Gasteiger partial charge in [0.2, 0.25) is 0 Å². The number of carbonyl (C=O) groups is 1. The van der Waals surface area contributed by atoms with E-state index in [4.69, 9.17) is 4.74 Å². The normalized spacial score (nSPS) is 15.6. The zero-order chi connectivity index (χ0) is 12.6. The first kappa shape index (κ1) is 12.6. The molecular weight excluding hydrogens is 335 g/mol. The second-order valence-corrected chi connectivity index (χ2v) is 5.90.